The minimum absolute atomic E-state index is 0.431. The summed E-state index contributed by atoms with van der Waals surface area (Å²) in [6.07, 6.45) is 1.69. The highest BCUT2D eigenvalue weighted by Crippen LogP contribution is 2.31. The van der Waals surface area contributed by atoms with E-state index in [1.165, 1.54) is 10.1 Å². The van der Waals surface area contributed by atoms with E-state index in [4.69, 9.17) is 0 Å². The summed E-state index contributed by atoms with van der Waals surface area (Å²) in [5.41, 5.74) is 1.21. The molecule has 0 bridgehead atoms. The molecule has 0 radical (unpaired) electrons. The summed E-state index contributed by atoms with van der Waals surface area (Å²) >= 11 is 0. The van der Waals surface area contributed by atoms with Gasteiger partial charge in [-0.2, -0.15) is 0 Å². The first-order chi connectivity index (χ1) is 8.96. The fraction of sp³-hybridized carbons (Fsp3) is 0.500. The van der Waals surface area contributed by atoms with Crippen molar-refractivity contribution >= 4 is 17.5 Å². The highest BCUT2D eigenvalue weighted by molar-refractivity contribution is 5.66. The monoisotopic (exact) mass is 278 g/mol. The molecule has 0 saturated carbocycles. The van der Waals surface area contributed by atoms with Gasteiger partial charge in [0.1, 0.15) is 0 Å². The number of anilines is 2. The molecule has 4 nitrogen and oxygen atoms in total. The summed E-state index contributed by atoms with van der Waals surface area (Å²) in [5.74, 6) is 0. The fourth-order valence-electron chi connectivity index (χ4n) is 1.76. The van der Waals surface area contributed by atoms with Crippen molar-refractivity contribution in [1.82, 2.24) is 0 Å². The van der Waals surface area contributed by atoms with Gasteiger partial charge in [0.05, 0.1) is 22.5 Å². The van der Waals surface area contributed by atoms with Gasteiger partial charge in [-0.25, -0.2) is 0 Å². The van der Waals surface area contributed by atoms with Crippen molar-refractivity contribution in [2.45, 2.75) is 52.6 Å². The van der Waals surface area contributed by atoms with Crippen LogP contribution in [0, 0.1) is 0 Å². The van der Waals surface area contributed by atoms with E-state index in [2.05, 4.69) is 6.58 Å². The van der Waals surface area contributed by atoms with Crippen LogP contribution in [0.1, 0.15) is 47.1 Å². The highest BCUT2D eigenvalue weighted by Gasteiger charge is 2.24. The van der Waals surface area contributed by atoms with E-state index in [9.17, 15) is 10.4 Å². The Balaban J connectivity index is 3.32. The van der Waals surface area contributed by atoms with Crippen LogP contribution < -0.4 is 10.1 Å². The molecule has 20 heavy (non-hydrogen) atoms. The minimum atomic E-state index is -0.431. The molecule has 0 heterocycles. The zero-order chi connectivity index (χ0) is 15.7. The van der Waals surface area contributed by atoms with Crippen molar-refractivity contribution in [3.8, 4) is 0 Å². The third-order valence-corrected chi connectivity index (χ3v) is 2.92. The maximum Gasteiger partial charge on any atom is 0.0667 e. The van der Waals surface area contributed by atoms with Gasteiger partial charge in [-0.3, -0.25) is 20.5 Å². The number of hydrogen-bond acceptors (Lipinski definition) is 4. The summed E-state index contributed by atoms with van der Waals surface area (Å²) in [6, 6.07) is 5.42. The highest BCUT2D eigenvalue weighted by atomic mass is 16.5. The van der Waals surface area contributed by atoms with Gasteiger partial charge in [-0.1, -0.05) is 12.7 Å². The lowest BCUT2D eigenvalue weighted by atomic mass is 10.0. The first kappa shape index (κ1) is 16.5. The van der Waals surface area contributed by atoms with Gasteiger partial charge < -0.3 is 0 Å². The molecule has 0 atom stereocenters. The van der Waals surface area contributed by atoms with Crippen LogP contribution in [0.25, 0.3) is 6.08 Å². The molecule has 0 aliphatic heterocycles. The lowest BCUT2D eigenvalue weighted by Crippen LogP contribution is -2.40. The smallest absolute Gasteiger partial charge is 0.0667 e. The Morgan fingerprint density at radius 1 is 0.850 bits per heavy atom. The maximum absolute atomic E-state index is 10.3. The van der Waals surface area contributed by atoms with E-state index in [1.807, 2.05) is 53.7 Å². The molecule has 0 spiro atoms. The predicted molar refractivity (Wildman–Crippen MR) is 84.6 cm³/mol. The van der Waals surface area contributed by atoms with Crippen LogP contribution in [0.15, 0.2) is 24.8 Å². The van der Waals surface area contributed by atoms with E-state index in [-0.39, 0.29) is 0 Å². The standard InChI is InChI=1S/C16H26N2O2/c1-8-12-9-13(17(19)15(2,3)4)11-14(10-12)18(20)16(5,6)7/h8-11,19-20H,1H2,2-7H3. The van der Waals surface area contributed by atoms with Gasteiger partial charge in [-0.15, -0.1) is 0 Å². The molecule has 4 heteroatoms. The zero-order valence-electron chi connectivity index (χ0n) is 13.3. The van der Waals surface area contributed by atoms with Gasteiger partial charge in [0.25, 0.3) is 0 Å². The average Bonchev–Trinajstić information content (AvgIpc) is 2.34. The second-order valence-electron chi connectivity index (χ2n) is 6.95. The van der Waals surface area contributed by atoms with Gasteiger partial charge in [0.15, 0.2) is 0 Å². The van der Waals surface area contributed by atoms with Crippen molar-refractivity contribution in [2.75, 3.05) is 10.1 Å². The van der Waals surface area contributed by atoms with Gasteiger partial charge in [0, 0.05) is 0 Å². The van der Waals surface area contributed by atoms with Crippen LogP contribution >= 0.6 is 0 Å². The Morgan fingerprint density at radius 3 is 1.45 bits per heavy atom. The topological polar surface area (TPSA) is 46.9 Å². The summed E-state index contributed by atoms with van der Waals surface area (Å²) < 4.78 is 0. The lowest BCUT2D eigenvalue weighted by Gasteiger charge is -2.34. The largest absolute Gasteiger partial charge is 0.288 e. The minimum Gasteiger partial charge on any atom is -0.288 e. The quantitative estimate of drug-likeness (QED) is 0.808. The van der Waals surface area contributed by atoms with Crippen molar-refractivity contribution in [3.05, 3.63) is 30.3 Å². The molecular formula is C16H26N2O2. The number of hydrogen-bond donors (Lipinski definition) is 2. The van der Waals surface area contributed by atoms with Crippen molar-refractivity contribution in [2.24, 2.45) is 0 Å². The molecule has 1 aromatic carbocycles. The Kier molecular flexibility index (Phi) is 4.52. The third-order valence-electron chi connectivity index (χ3n) is 2.92. The summed E-state index contributed by atoms with van der Waals surface area (Å²) in [4.78, 5) is 0. The van der Waals surface area contributed by atoms with E-state index in [0.29, 0.717) is 11.4 Å². The van der Waals surface area contributed by atoms with E-state index in [1.54, 1.807) is 12.1 Å². The van der Waals surface area contributed by atoms with Gasteiger partial charge >= 0.3 is 0 Å². The Bertz CT molecular complexity index is 446. The van der Waals surface area contributed by atoms with E-state index >= 15 is 0 Å². The maximum atomic E-state index is 10.3. The Morgan fingerprint density at radius 2 is 1.20 bits per heavy atom. The van der Waals surface area contributed by atoms with Gasteiger partial charge in [-0.05, 0) is 65.3 Å². The molecule has 112 valence electrons. The number of hydroxylamine groups is 2. The summed E-state index contributed by atoms with van der Waals surface area (Å²) in [5, 5.41) is 23.0. The molecule has 0 amide bonds. The molecular weight excluding hydrogens is 252 g/mol. The Labute approximate surface area is 121 Å². The van der Waals surface area contributed by atoms with Crippen molar-refractivity contribution < 1.29 is 10.4 Å². The fourth-order valence-corrected chi connectivity index (χ4v) is 1.76. The normalized spacial score (nSPS) is 12.2. The molecule has 0 unspecified atom stereocenters. The first-order valence-electron chi connectivity index (χ1n) is 6.72. The summed E-state index contributed by atoms with van der Waals surface area (Å²) in [6.45, 7) is 15.2. The van der Waals surface area contributed by atoms with Crippen LogP contribution in [-0.2, 0) is 0 Å². The van der Waals surface area contributed by atoms with Crippen LogP contribution in [0.5, 0.6) is 0 Å². The number of benzene rings is 1. The first-order valence-corrected chi connectivity index (χ1v) is 6.72. The van der Waals surface area contributed by atoms with Crippen LogP contribution in [0.3, 0.4) is 0 Å². The molecule has 0 saturated heterocycles. The SMILES string of the molecule is C=Cc1cc(N(O)C(C)(C)C)cc(N(O)C(C)(C)C)c1. The lowest BCUT2D eigenvalue weighted by molar-refractivity contribution is 0.177. The molecule has 0 aromatic heterocycles. The zero-order valence-corrected chi connectivity index (χ0v) is 13.3. The Hall–Kier alpha value is -1.52. The van der Waals surface area contributed by atoms with Crippen LogP contribution in [-0.4, -0.2) is 21.5 Å². The second kappa shape index (κ2) is 5.46. The van der Waals surface area contributed by atoms with E-state index < -0.39 is 11.1 Å². The van der Waals surface area contributed by atoms with Crippen LogP contribution in [0.2, 0.25) is 0 Å². The molecule has 2 N–H and O–H groups in total. The van der Waals surface area contributed by atoms with Gasteiger partial charge in [0.2, 0.25) is 0 Å². The predicted octanol–water partition coefficient (Wildman–Crippen LogP) is 4.32. The van der Waals surface area contributed by atoms with E-state index in [0.717, 1.165) is 5.56 Å². The van der Waals surface area contributed by atoms with Crippen LogP contribution in [0.4, 0.5) is 11.4 Å². The molecule has 0 aliphatic rings. The van der Waals surface area contributed by atoms with Crippen molar-refractivity contribution in [3.63, 3.8) is 0 Å². The molecule has 1 aromatic rings. The number of rotatable bonds is 3. The molecule has 0 aliphatic carbocycles. The number of nitrogens with zero attached hydrogens (tertiary/aromatic N) is 2. The average molecular weight is 278 g/mol. The molecule has 0 fully saturated rings. The second-order valence-corrected chi connectivity index (χ2v) is 6.95. The summed E-state index contributed by atoms with van der Waals surface area (Å²) in [7, 11) is 0. The third kappa shape index (κ3) is 3.74. The van der Waals surface area contributed by atoms with Crippen molar-refractivity contribution in [1.29, 1.82) is 0 Å². The molecule has 1 rings (SSSR count).